The number of carbonyl (C=O) groups excluding carboxylic acids is 1. The topological polar surface area (TPSA) is 82.0 Å². The minimum absolute atomic E-state index is 0.115. The van der Waals surface area contributed by atoms with Gasteiger partial charge in [0.15, 0.2) is 17.2 Å². The summed E-state index contributed by atoms with van der Waals surface area (Å²) in [6.45, 7) is 3.39. The first-order valence-electron chi connectivity index (χ1n) is 10.8. The second-order valence-corrected chi connectivity index (χ2v) is 7.98. The molecule has 1 aromatic carbocycles. The molecule has 0 unspecified atom stereocenters. The summed E-state index contributed by atoms with van der Waals surface area (Å²) >= 11 is 0. The maximum atomic E-state index is 12.7. The SMILES string of the molecule is COc1cn(CC(=O)NCc2ccc3c(c2)OCO3)c(CN2CCCCCC2)cc1=O. The van der Waals surface area contributed by atoms with E-state index in [0.29, 0.717) is 24.6 Å². The van der Waals surface area contributed by atoms with Gasteiger partial charge in [-0.15, -0.1) is 0 Å². The maximum absolute atomic E-state index is 12.7. The molecule has 166 valence electrons. The van der Waals surface area contributed by atoms with Crippen LogP contribution in [0.2, 0.25) is 0 Å². The zero-order valence-electron chi connectivity index (χ0n) is 17.9. The van der Waals surface area contributed by atoms with E-state index in [1.165, 1.54) is 20.0 Å². The van der Waals surface area contributed by atoms with Gasteiger partial charge in [0.2, 0.25) is 18.1 Å². The van der Waals surface area contributed by atoms with Gasteiger partial charge >= 0.3 is 0 Å². The van der Waals surface area contributed by atoms with E-state index in [1.807, 2.05) is 22.8 Å². The molecular weight excluding hydrogens is 398 g/mol. The third kappa shape index (κ3) is 5.38. The van der Waals surface area contributed by atoms with Crippen LogP contribution in [0.4, 0.5) is 0 Å². The van der Waals surface area contributed by atoms with Crippen LogP contribution in [-0.2, 0) is 24.4 Å². The van der Waals surface area contributed by atoms with Crippen molar-refractivity contribution in [2.75, 3.05) is 27.0 Å². The summed E-state index contributed by atoms with van der Waals surface area (Å²) in [6, 6.07) is 7.21. The molecule has 0 saturated carbocycles. The Morgan fingerprint density at radius 3 is 2.65 bits per heavy atom. The van der Waals surface area contributed by atoms with Crippen LogP contribution in [0.15, 0.2) is 35.3 Å². The number of aromatic nitrogens is 1. The molecule has 2 aliphatic heterocycles. The molecule has 1 fully saturated rings. The number of nitrogens with one attached hydrogen (secondary N) is 1. The Bertz CT molecular complexity index is 980. The number of ether oxygens (including phenoxy) is 3. The standard InChI is InChI=1S/C23H29N3O5/c1-29-22-14-26(18(11-19(22)27)13-25-8-4-2-3-5-9-25)15-23(28)24-12-17-6-7-20-21(10-17)31-16-30-20/h6-7,10-11,14H,2-5,8-9,12-13,15-16H2,1H3,(H,24,28). The van der Waals surface area contributed by atoms with Crippen LogP contribution in [0, 0.1) is 0 Å². The Morgan fingerprint density at radius 2 is 1.87 bits per heavy atom. The van der Waals surface area contributed by atoms with Crippen LogP contribution in [0.3, 0.4) is 0 Å². The molecule has 0 radical (unpaired) electrons. The van der Waals surface area contributed by atoms with Gasteiger partial charge in [0.25, 0.3) is 0 Å². The normalized spacial score (nSPS) is 16.0. The summed E-state index contributed by atoms with van der Waals surface area (Å²) in [5.74, 6) is 1.51. The molecule has 1 saturated heterocycles. The highest BCUT2D eigenvalue weighted by Crippen LogP contribution is 2.32. The highest BCUT2D eigenvalue weighted by atomic mass is 16.7. The Balaban J connectivity index is 1.44. The van der Waals surface area contributed by atoms with Crippen molar-refractivity contribution in [3.63, 3.8) is 0 Å². The van der Waals surface area contributed by atoms with Gasteiger partial charge in [-0.2, -0.15) is 0 Å². The lowest BCUT2D eigenvalue weighted by molar-refractivity contribution is -0.121. The van der Waals surface area contributed by atoms with Crippen LogP contribution in [0.5, 0.6) is 17.2 Å². The van der Waals surface area contributed by atoms with Gasteiger partial charge in [-0.1, -0.05) is 18.9 Å². The molecule has 2 aliphatic rings. The number of benzene rings is 1. The lowest BCUT2D eigenvalue weighted by atomic mass is 10.2. The molecule has 0 bridgehead atoms. The fraction of sp³-hybridized carbons (Fsp3) is 0.478. The van der Waals surface area contributed by atoms with Gasteiger partial charge in [0.05, 0.1) is 13.3 Å². The third-order valence-corrected chi connectivity index (χ3v) is 5.73. The number of carbonyl (C=O) groups is 1. The summed E-state index contributed by atoms with van der Waals surface area (Å²) < 4.78 is 17.7. The van der Waals surface area contributed by atoms with Gasteiger partial charge in [-0.25, -0.2) is 0 Å². The highest BCUT2D eigenvalue weighted by Gasteiger charge is 2.16. The van der Waals surface area contributed by atoms with E-state index in [2.05, 4.69) is 10.2 Å². The summed E-state index contributed by atoms with van der Waals surface area (Å²) in [4.78, 5) is 27.4. The molecule has 4 rings (SSSR count). The number of fused-ring (bicyclic) bond motifs is 1. The summed E-state index contributed by atoms with van der Waals surface area (Å²) in [7, 11) is 1.47. The molecule has 3 heterocycles. The molecule has 8 heteroatoms. The van der Waals surface area contributed by atoms with Gasteiger partial charge in [0, 0.05) is 24.8 Å². The molecule has 2 aromatic rings. The minimum atomic E-state index is -0.163. The number of methoxy groups -OCH3 is 1. The first-order valence-corrected chi connectivity index (χ1v) is 10.8. The van der Waals surface area contributed by atoms with Crippen molar-refractivity contribution >= 4 is 5.91 Å². The molecule has 0 aliphatic carbocycles. The monoisotopic (exact) mass is 427 g/mol. The Hall–Kier alpha value is -3.00. The summed E-state index contributed by atoms with van der Waals surface area (Å²) in [5.41, 5.74) is 1.59. The number of nitrogens with zero attached hydrogens (tertiary/aromatic N) is 2. The Kier molecular flexibility index (Phi) is 6.76. The van der Waals surface area contributed by atoms with E-state index < -0.39 is 0 Å². The van der Waals surface area contributed by atoms with Crippen molar-refractivity contribution < 1.29 is 19.0 Å². The predicted molar refractivity (Wildman–Crippen MR) is 115 cm³/mol. The van der Waals surface area contributed by atoms with Crippen LogP contribution in [0.1, 0.15) is 36.9 Å². The van der Waals surface area contributed by atoms with Crippen molar-refractivity contribution in [3.05, 3.63) is 51.9 Å². The minimum Gasteiger partial charge on any atom is -0.491 e. The van der Waals surface area contributed by atoms with Gasteiger partial charge in [-0.3, -0.25) is 14.5 Å². The molecular formula is C23H29N3O5. The number of hydrogen-bond acceptors (Lipinski definition) is 6. The molecule has 0 spiro atoms. The zero-order chi connectivity index (χ0) is 21.6. The Labute approximate surface area is 181 Å². The smallest absolute Gasteiger partial charge is 0.240 e. The van der Waals surface area contributed by atoms with Crippen LogP contribution in [0.25, 0.3) is 0 Å². The molecule has 8 nitrogen and oxygen atoms in total. The van der Waals surface area contributed by atoms with E-state index in [-0.39, 0.29) is 30.4 Å². The number of amides is 1. The second kappa shape index (κ2) is 9.87. The fourth-order valence-electron chi connectivity index (χ4n) is 4.02. The van der Waals surface area contributed by atoms with Crippen LogP contribution in [-0.4, -0.2) is 42.4 Å². The van der Waals surface area contributed by atoms with E-state index >= 15 is 0 Å². The van der Waals surface area contributed by atoms with E-state index in [0.717, 1.165) is 37.2 Å². The lowest BCUT2D eigenvalue weighted by Gasteiger charge is -2.23. The number of hydrogen-bond donors (Lipinski definition) is 1. The molecule has 31 heavy (non-hydrogen) atoms. The number of likely N-dealkylation sites (tertiary alicyclic amines) is 1. The average Bonchev–Trinajstić information content (AvgIpc) is 3.09. The zero-order valence-corrected chi connectivity index (χ0v) is 17.9. The predicted octanol–water partition coefficient (Wildman–Crippen LogP) is 2.28. The van der Waals surface area contributed by atoms with Gasteiger partial charge in [0.1, 0.15) is 6.54 Å². The van der Waals surface area contributed by atoms with Crippen molar-refractivity contribution in [1.82, 2.24) is 14.8 Å². The second-order valence-electron chi connectivity index (χ2n) is 7.98. The fourth-order valence-corrected chi connectivity index (χ4v) is 4.02. The number of pyridine rings is 1. The Morgan fingerprint density at radius 1 is 1.10 bits per heavy atom. The largest absolute Gasteiger partial charge is 0.491 e. The van der Waals surface area contributed by atoms with Crippen molar-refractivity contribution in [3.8, 4) is 17.2 Å². The average molecular weight is 428 g/mol. The van der Waals surface area contributed by atoms with E-state index in [9.17, 15) is 9.59 Å². The first kappa shape index (κ1) is 21.2. The molecule has 1 aromatic heterocycles. The quantitative estimate of drug-likeness (QED) is 0.730. The molecule has 1 amide bonds. The molecule has 1 N–H and O–H groups in total. The van der Waals surface area contributed by atoms with E-state index in [1.54, 1.807) is 12.3 Å². The lowest BCUT2D eigenvalue weighted by Crippen LogP contribution is -2.31. The summed E-state index contributed by atoms with van der Waals surface area (Å²) in [5, 5.41) is 2.94. The van der Waals surface area contributed by atoms with Crippen molar-refractivity contribution in [1.29, 1.82) is 0 Å². The van der Waals surface area contributed by atoms with Gasteiger partial charge < -0.3 is 24.1 Å². The van der Waals surface area contributed by atoms with E-state index in [4.69, 9.17) is 14.2 Å². The summed E-state index contributed by atoms with van der Waals surface area (Å²) in [6.07, 6.45) is 6.45. The highest BCUT2D eigenvalue weighted by molar-refractivity contribution is 5.75. The molecule has 0 atom stereocenters. The van der Waals surface area contributed by atoms with Crippen LogP contribution >= 0.6 is 0 Å². The first-order chi connectivity index (χ1) is 15.1. The third-order valence-electron chi connectivity index (χ3n) is 5.73. The number of rotatable bonds is 7. The van der Waals surface area contributed by atoms with Crippen LogP contribution < -0.4 is 25.0 Å². The van der Waals surface area contributed by atoms with Crippen molar-refractivity contribution in [2.24, 2.45) is 0 Å². The maximum Gasteiger partial charge on any atom is 0.240 e. The van der Waals surface area contributed by atoms with Gasteiger partial charge in [-0.05, 0) is 43.6 Å². The van der Waals surface area contributed by atoms with Crippen molar-refractivity contribution in [2.45, 2.75) is 45.3 Å².